The van der Waals surface area contributed by atoms with E-state index in [-0.39, 0.29) is 129 Å². The number of carboxylic acid groups (broad SMARTS) is 4. The molecule has 3 unspecified atom stereocenters. The second-order valence-electron chi connectivity index (χ2n) is 23.1. The zero-order chi connectivity index (χ0) is 65.6. The number of hydrogen-bond acceptors (Lipinski definition) is 20. The zero-order valence-corrected chi connectivity index (χ0v) is 51.1. The number of nitrogens with one attached hydrogen (secondary N) is 3. The number of amides is 4. The quantitative estimate of drug-likeness (QED) is 0.0449. The molecule has 1 aromatic carbocycles. The lowest BCUT2D eigenvalue weighted by molar-refractivity contribution is -0.146. The van der Waals surface area contributed by atoms with Crippen molar-refractivity contribution in [2.45, 2.75) is 121 Å². The van der Waals surface area contributed by atoms with E-state index in [4.69, 9.17) is 4.74 Å². The van der Waals surface area contributed by atoms with Gasteiger partial charge in [-0.1, -0.05) is 20.8 Å². The molecule has 4 atom stereocenters. The number of carbonyl (C=O) groups is 10. The molecule has 0 bridgehead atoms. The number of aliphatic hydroxyl groups is 1. The molecule has 2 aromatic rings. The molecule has 0 radical (unpaired) electrons. The third kappa shape index (κ3) is 22.0. The van der Waals surface area contributed by atoms with Crippen LogP contribution in [0.15, 0.2) is 30.5 Å². The molecule has 0 saturated carbocycles. The number of likely N-dealkylation sites (tertiary alicyclic amines) is 1. The highest BCUT2D eigenvalue weighted by atomic mass is 19.3. The van der Waals surface area contributed by atoms with Gasteiger partial charge in [-0.2, -0.15) is 5.26 Å². The summed E-state index contributed by atoms with van der Waals surface area (Å²) in [6.45, 7) is 5.93. The number of carboxylic acids is 4. The van der Waals surface area contributed by atoms with Crippen LogP contribution in [0, 0.1) is 11.3 Å². The van der Waals surface area contributed by atoms with Crippen molar-refractivity contribution in [3.8, 4) is 11.8 Å². The van der Waals surface area contributed by atoms with Crippen molar-refractivity contribution in [3.63, 3.8) is 0 Å². The van der Waals surface area contributed by atoms with Crippen molar-refractivity contribution in [2.24, 2.45) is 0 Å². The summed E-state index contributed by atoms with van der Waals surface area (Å²) in [6, 6.07) is 4.13. The number of piperazine rings is 1. The van der Waals surface area contributed by atoms with E-state index in [1.54, 1.807) is 69.5 Å². The van der Waals surface area contributed by atoms with Crippen LogP contribution in [0.2, 0.25) is 0 Å². The first-order valence-electron chi connectivity index (χ1n) is 30.1. The summed E-state index contributed by atoms with van der Waals surface area (Å²) in [5.74, 6) is -10.8. The van der Waals surface area contributed by atoms with Crippen LogP contribution in [0.4, 0.5) is 8.78 Å². The number of alkyl halides is 2. The Balaban J connectivity index is 1.12. The highest BCUT2D eigenvalue weighted by Crippen LogP contribution is 2.32. The van der Waals surface area contributed by atoms with E-state index in [1.165, 1.54) is 19.2 Å². The summed E-state index contributed by atoms with van der Waals surface area (Å²) in [5.41, 5.74) is -2.74. The number of benzene rings is 1. The summed E-state index contributed by atoms with van der Waals surface area (Å²) in [4.78, 5) is 145. The molecular formula is C59H86F2N12O16. The second-order valence-corrected chi connectivity index (χ2v) is 23.1. The van der Waals surface area contributed by atoms with Crippen LogP contribution >= 0.6 is 0 Å². The first kappa shape index (κ1) is 72.3. The maximum atomic E-state index is 14.6. The molecule has 1 aromatic heterocycles. The fraction of sp³-hybridized carbons (Fsp3) is 0.661. The molecule has 89 heavy (non-hydrogen) atoms. The summed E-state index contributed by atoms with van der Waals surface area (Å²) >= 11 is 0. The molecule has 5 rings (SSSR count). The average Bonchev–Trinajstić information content (AvgIpc) is 3.62. The number of halogens is 2. The van der Waals surface area contributed by atoms with E-state index < -0.39 is 127 Å². The van der Waals surface area contributed by atoms with Crippen molar-refractivity contribution in [1.82, 2.24) is 55.2 Å². The van der Waals surface area contributed by atoms with Crippen molar-refractivity contribution in [3.05, 3.63) is 36.0 Å². The largest absolute Gasteiger partial charge is 0.494 e. The molecule has 0 spiro atoms. The van der Waals surface area contributed by atoms with Gasteiger partial charge in [0.25, 0.3) is 11.8 Å². The third-order valence-electron chi connectivity index (χ3n) is 16.8. The van der Waals surface area contributed by atoms with Gasteiger partial charge in [0.2, 0.25) is 17.7 Å². The Bertz CT molecular complexity index is 2830. The van der Waals surface area contributed by atoms with Gasteiger partial charge in [0.1, 0.15) is 23.4 Å². The molecule has 3 saturated heterocycles. The number of Topliss-reactive ketones (excluding diaryl/α,β-unsaturated/α-hetero) is 2. The summed E-state index contributed by atoms with van der Waals surface area (Å²) in [5, 5.41) is 69.0. The summed E-state index contributed by atoms with van der Waals surface area (Å²) in [7, 11) is 0. The fourth-order valence-corrected chi connectivity index (χ4v) is 11.2. The van der Waals surface area contributed by atoms with E-state index in [9.17, 15) is 87.5 Å². The summed E-state index contributed by atoms with van der Waals surface area (Å²) in [6.07, 6.45) is 0.972. The van der Waals surface area contributed by atoms with Crippen LogP contribution in [0.25, 0.3) is 10.9 Å². The van der Waals surface area contributed by atoms with Crippen LogP contribution in [0.3, 0.4) is 0 Å². The van der Waals surface area contributed by atoms with Gasteiger partial charge in [0.05, 0.1) is 74.6 Å². The second kappa shape index (κ2) is 34.0. The highest BCUT2D eigenvalue weighted by molar-refractivity contribution is 6.07. The molecule has 3 aliphatic heterocycles. The number of fused-ring (bicyclic) bond motifs is 1. The minimum Gasteiger partial charge on any atom is -0.494 e. The molecule has 8 N–H and O–H groups in total. The van der Waals surface area contributed by atoms with Gasteiger partial charge in [-0.05, 0) is 69.7 Å². The maximum Gasteiger partial charge on any atom is 0.320 e. The number of aliphatic carboxylic acids is 4. The van der Waals surface area contributed by atoms with Gasteiger partial charge in [0.15, 0.2) is 11.6 Å². The molecule has 4 heterocycles. The number of pyridine rings is 1. The number of aromatic nitrogens is 1. The van der Waals surface area contributed by atoms with Crippen LogP contribution in [-0.4, -0.2) is 290 Å². The number of ketones is 2. The van der Waals surface area contributed by atoms with Gasteiger partial charge >= 0.3 is 23.9 Å². The molecule has 4 amide bonds. The minimum atomic E-state index is -3.20. The Morgan fingerprint density at radius 3 is 1.85 bits per heavy atom. The van der Waals surface area contributed by atoms with Crippen molar-refractivity contribution in [2.75, 3.05) is 131 Å². The molecule has 0 aliphatic carbocycles. The van der Waals surface area contributed by atoms with Crippen molar-refractivity contribution < 1.29 is 87.0 Å². The molecule has 30 heteroatoms. The topological polar surface area (TPSA) is 377 Å². The lowest BCUT2D eigenvalue weighted by atomic mass is 9.81. The van der Waals surface area contributed by atoms with Gasteiger partial charge in [-0.15, -0.1) is 0 Å². The average molecular weight is 1260 g/mol. The molecule has 3 aliphatic rings. The lowest BCUT2D eigenvalue weighted by Gasteiger charge is -2.39. The van der Waals surface area contributed by atoms with E-state index in [0.717, 1.165) is 4.90 Å². The maximum absolute atomic E-state index is 14.6. The number of hydrogen-bond donors (Lipinski definition) is 8. The van der Waals surface area contributed by atoms with Crippen LogP contribution in [0.1, 0.15) is 95.8 Å². The molecule has 28 nitrogen and oxygen atoms in total. The monoisotopic (exact) mass is 1260 g/mol. The van der Waals surface area contributed by atoms with E-state index in [1.807, 2.05) is 4.90 Å². The Hall–Kier alpha value is -7.40. The molecular weight excluding hydrogens is 1170 g/mol. The number of nitriles is 1. The normalized spacial score (nSPS) is 19.1. The Morgan fingerprint density at radius 1 is 0.753 bits per heavy atom. The van der Waals surface area contributed by atoms with Crippen LogP contribution in [-0.2, 0) is 43.2 Å². The minimum absolute atomic E-state index is 0.00184. The predicted octanol–water partition coefficient (Wildman–Crippen LogP) is 0.0589. The molecule has 492 valence electrons. The Kier molecular flexibility index (Phi) is 27.6. The van der Waals surface area contributed by atoms with E-state index in [0.29, 0.717) is 49.1 Å². The van der Waals surface area contributed by atoms with Gasteiger partial charge < -0.3 is 50.7 Å². The first-order valence-corrected chi connectivity index (χ1v) is 30.1. The number of ether oxygens (including phenoxy) is 1. The Labute approximate surface area is 515 Å². The predicted molar refractivity (Wildman–Crippen MR) is 316 cm³/mol. The molecule has 3 fully saturated rings. The standard InChI is InChI=1S/C59H86F2N12O16/c1-5-57(4,88)54(84)45(66-58(6-2,7-3)47(74)13-12-46(56(86)87)71-25-21-69(37-52(80)81)19-17-68(36-51(78)79)18-20-70(22-26-71)38-53(82)83)31-49(76)72-27-23-67(24-28-72)35-48(75)64-15-8-9-29-89-41-10-11-44-43(30-41)42(14-16-63-44)55(85)65-34-50(77)73-39-59(60,61)32-40(73)33-62/h10-11,14,16,30,40,45-46,66,88H,5-9,12-13,15,17-29,31-32,34-39H2,1-4H3,(H,64,75)(H,65,85)(H,78,79)(H,80,81)(H,82,83)(H,86,87)/t40-,45?,46?,57?/m0/s1. The fourth-order valence-electron chi connectivity index (χ4n) is 11.2. The van der Waals surface area contributed by atoms with Gasteiger partial charge in [-0.3, -0.25) is 82.7 Å². The SMILES string of the molecule is CCC(C)(O)C(=O)C(CC(=O)N1CCN(CC(=O)NCCCCOc2ccc3nccc(C(=O)NCC(=O)N4CC(F)(F)C[C@H]4C#N)c3c2)CC1)NC(CC)(CC)C(=O)CCC(C(=O)O)N1CCN(CC(=O)O)CCN(CC(=O)O)CCN(CC(=O)O)CC1. The number of unbranched alkanes of at least 4 members (excludes halogenated alkanes) is 1. The number of rotatable bonds is 32. The number of carbonyl (C=O) groups excluding carboxylic acids is 6. The van der Waals surface area contributed by atoms with E-state index >= 15 is 0 Å². The first-order chi connectivity index (χ1) is 42.1. The van der Waals surface area contributed by atoms with Crippen LogP contribution in [0.5, 0.6) is 5.75 Å². The smallest absolute Gasteiger partial charge is 0.320 e. The summed E-state index contributed by atoms with van der Waals surface area (Å²) < 4.78 is 33.7. The third-order valence-corrected chi connectivity index (χ3v) is 16.8. The lowest BCUT2D eigenvalue weighted by Crippen LogP contribution is -2.62. The highest BCUT2D eigenvalue weighted by Gasteiger charge is 2.48. The van der Waals surface area contributed by atoms with Gasteiger partial charge in [0, 0.05) is 116 Å². The van der Waals surface area contributed by atoms with Crippen molar-refractivity contribution in [1.29, 1.82) is 5.26 Å². The Morgan fingerprint density at radius 2 is 1.31 bits per heavy atom. The van der Waals surface area contributed by atoms with Crippen LogP contribution < -0.4 is 20.7 Å². The van der Waals surface area contributed by atoms with Gasteiger partial charge in [-0.25, -0.2) is 8.78 Å². The van der Waals surface area contributed by atoms with Crippen molar-refractivity contribution >= 4 is 70.0 Å². The zero-order valence-electron chi connectivity index (χ0n) is 51.1. The number of nitrogens with zero attached hydrogens (tertiary/aromatic N) is 9. The van der Waals surface area contributed by atoms with E-state index in [2.05, 4.69) is 20.9 Å².